The normalized spacial score (nSPS) is 36.3. The molecule has 4 heteroatoms. The average molecular weight is 411 g/mol. The predicted molar refractivity (Wildman–Crippen MR) is 117 cm³/mol. The highest BCUT2D eigenvalue weighted by molar-refractivity contribution is 5.66. The average Bonchev–Trinajstić information content (AvgIpc) is 3.15. The minimum absolute atomic E-state index is 0.0674. The van der Waals surface area contributed by atoms with Gasteiger partial charge in [0, 0.05) is 23.4 Å². The summed E-state index contributed by atoms with van der Waals surface area (Å²) in [6, 6.07) is 16.0. The van der Waals surface area contributed by atoms with Gasteiger partial charge in [-0.05, 0) is 61.2 Å². The van der Waals surface area contributed by atoms with E-state index >= 15 is 0 Å². The molecule has 5 aliphatic rings. The lowest BCUT2D eigenvalue weighted by Crippen LogP contribution is -2.62. The molecule has 6 atom stereocenters. The van der Waals surface area contributed by atoms with Crippen molar-refractivity contribution in [2.75, 3.05) is 20.7 Å². The van der Waals surface area contributed by atoms with E-state index in [2.05, 4.69) is 60.5 Å². The molecule has 3 aliphatic carbocycles. The van der Waals surface area contributed by atoms with Crippen LogP contribution in [0.2, 0.25) is 0 Å². The van der Waals surface area contributed by atoms with Gasteiger partial charge in [-0.1, -0.05) is 36.4 Å². The number of nitrogens with zero attached hydrogens (tertiary/aromatic N) is 2. The number of benzene rings is 2. The molecular formula is C27H26N2O2. The number of likely N-dealkylation sites (tertiary alicyclic amines) is 1. The van der Waals surface area contributed by atoms with Crippen molar-refractivity contribution in [3.8, 4) is 17.6 Å². The van der Waals surface area contributed by atoms with E-state index in [0.29, 0.717) is 12.0 Å². The number of likely N-dealkylation sites (N-methyl/N-ethyl adjacent to an activating group) is 1. The van der Waals surface area contributed by atoms with Crippen molar-refractivity contribution in [1.29, 1.82) is 5.26 Å². The largest absolute Gasteiger partial charge is 0.493 e. The number of methoxy groups -OCH3 is 1. The SMILES string of the molecule is COc1ccc2c3c1O[C@H]1[C@@H]4Cc5ccccc5[C@@H](C#N)[C@@H]4C=C4[C@H](C2)N(C)CC[C@]431. The third kappa shape index (κ3) is 1.99. The van der Waals surface area contributed by atoms with E-state index < -0.39 is 0 Å². The molecule has 0 amide bonds. The van der Waals surface area contributed by atoms with Gasteiger partial charge in [-0.2, -0.15) is 5.26 Å². The maximum atomic E-state index is 10.2. The van der Waals surface area contributed by atoms with Crippen molar-refractivity contribution in [1.82, 2.24) is 4.90 Å². The number of fused-ring (bicyclic) bond motifs is 3. The highest BCUT2D eigenvalue weighted by Crippen LogP contribution is 2.65. The van der Waals surface area contributed by atoms with Crippen molar-refractivity contribution in [2.24, 2.45) is 11.8 Å². The Labute approximate surface area is 183 Å². The Bertz CT molecular complexity index is 1190. The summed E-state index contributed by atoms with van der Waals surface area (Å²) in [5.41, 5.74) is 6.77. The molecule has 1 saturated heterocycles. The number of piperidine rings is 1. The number of allylic oxidation sites excluding steroid dienone is 1. The van der Waals surface area contributed by atoms with Crippen LogP contribution in [0.4, 0.5) is 0 Å². The van der Waals surface area contributed by atoms with Crippen LogP contribution in [-0.4, -0.2) is 37.7 Å². The first-order valence-electron chi connectivity index (χ1n) is 11.4. The molecule has 0 N–H and O–H groups in total. The fourth-order valence-corrected chi connectivity index (χ4v) is 7.62. The fraction of sp³-hybridized carbons (Fsp3) is 0.444. The Balaban J connectivity index is 1.50. The van der Waals surface area contributed by atoms with Gasteiger partial charge in [0.25, 0.3) is 0 Å². The molecule has 0 aromatic heterocycles. The van der Waals surface area contributed by atoms with E-state index in [4.69, 9.17) is 9.47 Å². The molecule has 1 spiro atoms. The van der Waals surface area contributed by atoms with Crippen molar-refractivity contribution in [3.05, 3.63) is 70.3 Å². The van der Waals surface area contributed by atoms with Gasteiger partial charge >= 0.3 is 0 Å². The van der Waals surface area contributed by atoms with E-state index in [1.54, 1.807) is 7.11 Å². The minimum Gasteiger partial charge on any atom is -0.493 e. The zero-order valence-electron chi connectivity index (χ0n) is 18.0. The smallest absolute Gasteiger partial charge is 0.166 e. The molecule has 2 aromatic carbocycles. The predicted octanol–water partition coefficient (Wildman–Crippen LogP) is 3.99. The van der Waals surface area contributed by atoms with Gasteiger partial charge in [0.05, 0.1) is 24.5 Å². The molecule has 31 heavy (non-hydrogen) atoms. The topological polar surface area (TPSA) is 45.5 Å². The lowest BCUT2D eigenvalue weighted by atomic mass is 9.50. The molecule has 156 valence electrons. The summed E-state index contributed by atoms with van der Waals surface area (Å²) in [6.45, 7) is 1.08. The first kappa shape index (κ1) is 17.9. The number of hydrogen-bond acceptors (Lipinski definition) is 4. The second-order valence-corrected chi connectivity index (χ2v) is 9.96. The molecule has 2 heterocycles. The lowest BCUT2D eigenvalue weighted by Gasteiger charge is -2.57. The Morgan fingerprint density at radius 2 is 2.03 bits per heavy atom. The zero-order chi connectivity index (χ0) is 20.9. The van der Waals surface area contributed by atoms with Crippen LogP contribution in [0.25, 0.3) is 0 Å². The molecule has 2 bridgehead atoms. The maximum Gasteiger partial charge on any atom is 0.166 e. The summed E-state index contributed by atoms with van der Waals surface area (Å²) in [6.07, 6.45) is 5.65. The van der Waals surface area contributed by atoms with Crippen LogP contribution in [-0.2, 0) is 18.3 Å². The zero-order valence-corrected chi connectivity index (χ0v) is 18.0. The Morgan fingerprint density at radius 1 is 1.16 bits per heavy atom. The second-order valence-electron chi connectivity index (χ2n) is 9.96. The number of rotatable bonds is 1. The highest BCUT2D eigenvalue weighted by atomic mass is 16.5. The van der Waals surface area contributed by atoms with Crippen LogP contribution in [0, 0.1) is 23.2 Å². The second kappa shape index (κ2) is 5.93. The maximum absolute atomic E-state index is 10.2. The van der Waals surface area contributed by atoms with E-state index in [-0.39, 0.29) is 23.4 Å². The molecule has 4 nitrogen and oxygen atoms in total. The molecule has 1 fully saturated rings. The third-order valence-corrected chi connectivity index (χ3v) is 8.91. The van der Waals surface area contributed by atoms with E-state index in [0.717, 1.165) is 37.3 Å². The molecule has 0 unspecified atom stereocenters. The van der Waals surface area contributed by atoms with Crippen LogP contribution in [0.3, 0.4) is 0 Å². The highest BCUT2D eigenvalue weighted by Gasteiger charge is 2.65. The Morgan fingerprint density at radius 3 is 2.87 bits per heavy atom. The van der Waals surface area contributed by atoms with Crippen molar-refractivity contribution in [3.63, 3.8) is 0 Å². The minimum atomic E-state index is -0.110. The number of ether oxygens (including phenoxy) is 2. The van der Waals surface area contributed by atoms with Gasteiger partial charge in [0.15, 0.2) is 11.5 Å². The summed E-state index contributed by atoms with van der Waals surface area (Å²) in [5.74, 6) is 2.21. The van der Waals surface area contributed by atoms with Crippen LogP contribution < -0.4 is 9.47 Å². The van der Waals surface area contributed by atoms with Gasteiger partial charge in [-0.3, -0.25) is 4.90 Å². The van der Waals surface area contributed by atoms with Gasteiger partial charge < -0.3 is 9.47 Å². The molecule has 2 aromatic rings. The fourth-order valence-electron chi connectivity index (χ4n) is 7.62. The molecule has 2 aliphatic heterocycles. The van der Waals surface area contributed by atoms with E-state index in [9.17, 15) is 5.26 Å². The third-order valence-electron chi connectivity index (χ3n) is 8.91. The Kier molecular flexibility index (Phi) is 3.41. The number of hydrogen-bond donors (Lipinski definition) is 0. The molecule has 0 saturated carbocycles. The monoisotopic (exact) mass is 410 g/mol. The number of nitriles is 1. The molecule has 7 rings (SSSR count). The molecule has 0 radical (unpaired) electrons. The summed E-state index contributed by atoms with van der Waals surface area (Å²) in [4.78, 5) is 2.51. The van der Waals surface area contributed by atoms with Gasteiger partial charge in [-0.25, -0.2) is 0 Å². The van der Waals surface area contributed by atoms with Crippen LogP contribution >= 0.6 is 0 Å². The molecular weight excluding hydrogens is 384 g/mol. The summed E-state index contributed by atoms with van der Waals surface area (Å²) in [7, 11) is 3.99. The summed E-state index contributed by atoms with van der Waals surface area (Å²) in [5, 5.41) is 10.2. The van der Waals surface area contributed by atoms with Crippen LogP contribution in [0.5, 0.6) is 11.5 Å². The van der Waals surface area contributed by atoms with Gasteiger partial charge in [0.1, 0.15) is 6.10 Å². The first-order valence-corrected chi connectivity index (χ1v) is 11.4. The van der Waals surface area contributed by atoms with Crippen molar-refractivity contribution < 1.29 is 9.47 Å². The van der Waals surface area contributed by atoms with Crippen LogP contribution in [0.15, 0.2) is 48.0 Å². The van der Waals surface area contributed by atoms with Crippen molar-refractivity contribution in [2.45, 2.75) is 42.7 Å². The Hall–Kier alpha value is -2.77. The lowest BCUT2D eigenvalue weighted by molar-refractivity contribution is 0.0202. The van der Waals surface area contributed by atoms with Crippen molar-refractivity contribution >= 4 is 0 Å². The van der Waals surface area contributed by atoms with Gasteiger partial charge in [-0.15, -0.1) is 0 Å². The standard InChI is InChI=1S/C27H26N2O2/c1-29-10-9-27-21-13-18-19(11-15-5-3-4-6-17(15)20(18)14-28)26(27)31-25-23(30-2)8-7-16(24(25)27)12-22(21)29/h3-8,13,18-20,22,26H,9-12H2,1-2H3/t18-,19-,20-,22+,26+,27+/m1/s1. The summed E-state index contributed by atoms with van der Waals surface area (Å²) >= 11 is 0. The van der Waals surface area contributed by atoms with Crippen LogP contribution in [0.1, 0.15) is 34.6 Å². The van der Waals surface area contributed by atoms with Gasteiger partial charge in [0.2, 0.25) is 0 Å². The first-order chi connectivity index (χ1) is 15.2. The summed E-state index contributed by atoms with van der Waals surface area (Å²) < 4.78 is 12.7. The van der Waals surface area contributed by atoms with E-state index in [1.807, 2.05) is 0 Å². The van der Waals surface area contributed by atoms with E-state index in [1.165, 1.54) is 27.8 Å². The quantitative estimate of drug-likeness (QED) is 0.667.